The Labute approximate surface area is 146 Å². The molecule has 1 aromatic carbocycles. The molecule has 0 atom stereocenters. The van der Waals surface area contributed by atoms with E-state index >= 15 is 0 Å². The van der Waals surface area contributed by atoms with Crippen LogP contribution in [0.2, 0.25) is 0 Å². The molecule has 0 amide bonds. The second-order valence-electron chi connectivity index (χ2n) is 5.02. The Hall–Kier alpha value is -0.370. The van der Waals surface area contributed by atoms with Gasteiger partial charge >= 0.3 is 0 Å². The highest BCUT2D eigenvalue weighted by atomic mass is 79.9. The van der Waals surface area contributed by atoms with Gasteiger partial charge in [-0.05, 0) is 74.0 Å². The lowest BCUT2D eigenvalue weighted by Crippen LogP contribution is -2.11. The molecule has 1 heterocycles. The molecule has 0 fully saturated rings. The van der Waals surface area contributed by atoms with Gasteiger partial charge in [-0.3, -0.25) is 4.72 Å². The minimum absolute atomic E-state index is 0.270. The third-order valence-corrected chi connectivity index (χ3v) is 8.14. The van der Waals surface area contributed by atoms with Gasteiger partial charge in [0.1, 0.15) is 4.21 Å². The normalized spacial score (nSPS) is 11.9. The van der Waals surface area contributed by atoms with Crippen molar-refractivity contribution in [3.8, 4) is 0 Å². The van der Waals surface area contributed by atoms with Crippen LogP contribution in [0.4, 0.5) is 5.69 Å². The topological polar surface area (TPSA) is 46.2 Å². The molecule has 0 saturated heterocycles. The molecule has 1 aromatic heterocycles. The summed E-state index contributed by atoms with van der Waals surface area (Å²) in [6.45, 7) is 6.23. The van der Waals surface area contributed by atoms with Crippen LogP contribution >= 0.6 is 43.2 Å². The van der Waals surface area contributed by atoms with Gasteiger partial charge in [-0.2, -0.15) is 0 Å². The zero-order valence-electron chi connectivity index (χ0n) is 11.8. The quantitative estimate of drug-likeness (QED) is 0.664. The first-order chi connectivity index (χ1) is 9.70. The summed E-state index contributed by atoms with van der Waals surface area (Å²) in [7, 11) is -3.56. The van der Waals surface area contributed by atoms with E-state index in [4.69, 9.17) is 0 Å². The van der Waals surface area contributed by atoms with Crippen LogP contribution in [-0.2, 0) is 10.0 Å². The predicted octanol–water partition coefficient (Wildman–Crippen LogP) is 5.51. The molecule has 0 radical (unpaired) electrons. The van der Waals surface area contributed by atoms with E-state index < -0.39 is 10.0 Å². The molecule has 3 nitrogen and oxygen atoms in total. The standard InChI is InChI=1S/C14H15Br2NO2S2/c1-8(2)11-5-4-10(6-9(11)3)17-21(18,19)13-7-12(15)14(16)20-13/h4-8,17H,1-3H3. The number of anilines is 1. The summed E-state index contributed by atoms with van der Waals surface area (Å²) in [6.07, 6.45) is 0. The van der Waals surface area contributed by atoms with Gasteiger partial charge in [0, 0.05) is 10.2 Å². The van der Waals surface area contributed by atoms with Crippen molar-refractivity contribution in [1.82, 2.24) is 0 Å². The number of nitrogens with one attached hydrogen (secondary N) is 1. The van der Waals surface area contributed by atoms with Gasteiger partial charge < -0.3 is 0 Å². The van der Waals surface area contributed by atoms with Crippen molar-refractivity contribution in [2.75, 3.05) is 4.72 Å². The SMILES string of the molecule is Cc1cc(NS(=O)(=O)c2cc(Br)c(Br)s2)ccc1C(C)C. The van der Waals surface area contributed by atoms with E-state index in [2.05, 4.69) is 50.4 Å². The van der Waals surface area contributed by atoms with E-state index in [9.17, 15) is 8.42 Å². The van der Waals surface area contributed by atoms with Crippen LogP contribution in [0.15, 0.2) is 36.7 Å². The van der Waals surface area contributed by atoms with Gasteiger partial charge in [0.05, 0.1) is 3.79 Å². The zero-order chi connectivity index (χ0) is 15.8. The Morgan fingerprint density at radius 3 is 2.33 bits per heavy atom. The highest BCUT2D eigenvalue weighted by Gasteiger charge is 2.19. The van der Waals surface area contributed by atoms with Crippen LogP contribution in [0, 0.1) is 6.92 Å². The van der Waals surface area contributed by atoms with Crippen LogP contribution < -0.4 is 4.72 Å². The molecule has 2 rings (SSSR count). The predicted molar refractivity (Wildman–Crippen MR) is 95.8 cm³/mol. The van der Waals surface area contributed by atoms with Crippen molar-refractivity contribution >= 4 is 58.9 Å². The smallest absolute Gasteiger partial charge is 0.271 e. The summed E-state index contributed by atoms with van der Waals surface area (Å²) in [5, 5.41) is 0. The average molecular weight is 453 g/mol. The summed E-state index contributed by atoms with van der Waals surface area (Å²) in [4.78, 5) is 0. The lowest BCUT2D eigenvalue weighted by Gasteiger charge is -2.12. The fourth-order valence-corrected chi connectivity index (χ4v) is 5.92. The molecular formula is C14H15Br2NO2S2. The van der Waals surface area contributed by atoms with Gasteiger partial charge in [-0.1, -0.05) is 19.9 Å². The van der Waals surface area contributed by atoms with Crippen LogP contribution in [-0.4, -0.2) is 8.42 Å². The number of hydrogen-bond donors (Lipinski definition) is 1. The van der Waals surface area contributed by atoms with Crippen LogP contribution in [0.25, 0.3) is 0 Å². The number of hydrogen-bond acceptors (Lipinski definition) is 3. The number of halogens is 2. The lowest BCUT2D eigenvalue weighted by molar-refractivity contribution is 0.603. The fourth-order valence-electron chi connectivity index (χ4n) is 2.05. The van der Waals surface area contributed by atoms with Gasteiger partial charge in [0.15, 0.2) is 0 Å². The molecule has 21 heavy (non-hydrogen) atoms. The molecular weight excluding hydrogens is 438 g/mol. The maximum Gasteiger partial charge on any atom is 0.271 e. The molecule has 0 aliphatic heterocycles. The zero-order valence-corrected chi connectivity index (χ0v) is 16.6. The van der Waals surface area contributed by atoms with Gasteiger partial charge in [0.2, 0.25) is 0 Å². The third kappa shape index (κ3) is 3.88. The van der Waals surface area contributed by atoms with Crippen molar-refractivity contribution in [2.24, 2.45) is 0 Å². The number of thiophene rings is 1. The van der Waals surface area contributed by atoms with Crippen molar-refractivity contribution < 1.29 is 8.42 Å². The molecule has 114 valence electrons. The first kappa shape index (κ1) is 17.0. The van der Waals surface area contributed by atoms with Crippen LogP contribution in [0.5, 0.6) is 0 Å². The Bertz CT molecular complexity index is 748. The summed E-state index contributed by atoms with van der Waals surface area (Å²) >= 11 is 7.78. The summed E-state index contributed by atoms with van der Waals surface area (Å²) in [6, 6.07) is 7.23. The summed E-state index contributed by atoms with van der Waals surface area (Å²) in [5.41, 5.74) is 2.89. The number of aryl methyl sites for hydroxylation is 1. The van der Waals surface area contributed by atoms with Crippen molar-refractivity contribution in [1.29, 1.82) is 0 Å². The molecule has 2 aromatic rings. The van der Waals surface area contributed by atoms with E-state index in [1.165, 1.54) is 16.9 Å². The van der Waals surface area contributed by atoms with E-state index in [-0.39, 0.29) is 4.21 Å². The minimum atomic E-state index is -3.56. The van der Waals surface area contributed by atoms with Gasteiger partial charge in [0.25, 0.3) is 10.0 Å². The minimum Gasteiger partial charge on any atom is -0.279 e. The second-order valence-corrected chi connectivity index (χ2v) is 10.2. The average Bonchev–Trinajstić information content (AvgIpc) is 2.69. The molecule has 7 heteroatoms. The van der Waals surface area contributed by atoms with E-state index in [0.29, 0.717) is 11.6 Å². The monoisotopic (exact) mass is 451 g/mol. The fraction of sp³-hybridized carbons (Fsp3) is 0.286. The maximum atomic E-state index is 12.4. The third-order valence-electron chi connectivity index (χ3n) is 3.03. The van der Waals surface area contributed by atoms with E-state index in [1.54, 1.807) is 12.1 Å². The largest absolute Gasteiger partial charge is 0.279 e. The Kier molecular flexibility index (Phi) is 5.18. The molecule has 0 aliphatic carbocycles. The van der Waals surface area contributed by atoms with Gasteiger partial charge in [-0.25, -0.2) is 8.42 Å². The highest BCUT2D eigenvalue weighted by molar-refractivity contribution is 9.13. The molecule has 0 aliphatic rings. The lowest BCUT2D eigenvalue weighted by atomic mass is 9.98. The molecule has 0 saturated carbocycles. The molecule has 0 unspecified atom stereocenters. The number of sulfonamides is 1. The first-order valence-electron chi connectivity index (χ1n) is 6.29. The second kappa shape index (κ2) is 6.40. The number of benzene rings is 1. The summed E-state index contributed by atoms with van der Waals surface area (Å²) in [5.74, 6) is 0.417. The van der Waals surface area contributed by atoms with Gasteiger partial charge in [-0.15, -0.1) is 11.3 Å². The first-order valence-corrected chi connectivity index (χ1v) is 10.2. The molecule has 0 spiro atoms. The highest BCUT2D eigenvalue weighted by Crippen LogP contribution is 2.35. The molecule has 0 bridgehead atoms. The van der Waals surface area contributed by atoms with Crippen molar-refractivity contribution in [3.63, 3.8) is 0 Å². The Morgan fingerprint density at radius 1 is 1.19 bits per heavy atom. The van der Waals surface area contributed by atoms with Crippen LogP contribution in [0.3, 0.4) is 0 Å². The molecule has 1 N–H and O–H groups in total. The maximum absolute atomic E-state index is 12.4. The number of rotatable bonds is 4. The van der Waals surface area contributed by atoms with E-state index in [1.807, 2.05) is 19.1 Å². The van der Waals surface area contributed by atoms with Crippen molar-refractivity contribution in [3.05, 3.63) is 43.7 Å². The van der Waals surface area contributed by atoms with Crippen LogP contribution in [0.1, 0.15) is 30.9 Å². The van der Waals surface area contributed by atoms with E-state index in [0.717, 1.165) is 13.8 Å². The van der Waals surface area contributed by atoms with Crippen molar-refractivity contribution in [2.45, 2.75) is 30.9 Å². The summed E-state index contributed by atoms with van der Waals surface area (Å²) < 4.78 is 29.1. The Morgan fingerprint density at radius 2 is 1.86 bits per heavy atom. The Balaban J connectivity index is 2.31.